The summed E-state index contributed by atoms with van der Waals surface area (Å²) in [5.41, 5.74) is 3.50. The second-order valence-corrected chi connectivity index (χ2v) is 5.59. The summed E-state index contributed by atoms with van der Waals surface area (Å²) in [6.07, 6.45) is 1.28. The van der Waals surface area contributed by atoms with Crippen LogP contribution < -0.4 is 14.9 Å². The fourth-order valence-electron chi connectivity index (χ4n) is 2.32. The van der Waals surface area contributed by atoms with Crippen molar-refractivity contribution >= 4 is 12.1 Å². The molecule has 0 aliphatic rings. The largest absolute Gasteiger partial charge is 0.493 e. The predicted molar refractivity (Wildman–Crippen MR) is 98.6 cm³/mol. The first kappa shape index (κ1) is 19.9. The molecule has 2 aromatic carbocycles. The van der Waals surface area contributed by atoms with Crippen molar-refractivity contribution in [2.45, 2.75) is 13.2 Å². The number of halogens is 2. The van der Waals surface area contributed by atoms with Gasteiger partial charge in [-0.2, -0.15) is 18.7 Å². The molecule has 9 nitrogen and oxygen atoms in total. The van der Waals surface area contributed by atoms with E-state index in [1.165, 1.54) is 25.5 Å². The van der Waals surface area contributed by atoms with E-state index in [4.69, 9.17) is 4.74 Å². The summed E-state index contributed by atoms with van der Waals surface area (Å²) in [6.45, 7) is -3.19. The molecule has 0 aliphatic heterocycles. The van der Waals surface area contributed by atoms with Gasteiger partial charge in [0.1, 0.15) is 6.54 Å². The number of amides is 1. The van der Waals surface area contributed by atoms with Crippen LogP contribution in [0.4, 0.5) is 8.78 Å². The zero-order valence-electron chi connectivity index (χ0n) is 15.2. The third-order valence-electron chi connectivity index (χ3n) is 3.58. The molecule has 0 bridgehead atoms. The monoisotopic (exact) mass is 402 g/mol. The first-order valence-electron chi connectivity index (χ1n) is 8.33. The van der Waals surface area contributed by atoms with Gasteiger partial charge in [0.2, 0.25) is 5.82 Å². The molecule has 0 spiro atoms. The van der Waals surface area contributed by atoms with Crippen LogP contribution in [0.3, 0.4) is 0 Å². The van der Waals surface area contributed by atoms with Crippen LogP contribution in [0.2, 0.25) is 0 Å². The molecule has 1 heterocycles. The van der Waals surface area contributed by atoms with E-state index in [1.54, 1.807) is 6.07 Å². The molecule has 0 aliphatic carbocycles. The summed E-state index contributed by atoms with van der Waals surface area (Å²) in [4.78, 5) is 13.1. The van der Waals surface area contributed by atoms with Crippen LogP contribution in [-0.4, -0.2) is 46.1 Å². The fraction of sp³-hybridized carbons (Fsp3) is 0.167. The Balaban J connectivity index is 1.58. The van der Waals surface area contributed by atoms with Crippen LogP contribution in [0.1, 0.15) is 5.56 Å². The van der Waals surface area contributed by atoms with Crippen LogP contribution >= 0.6 is 0 Å². The van der Waals surface area contributed by atoms with Crippen LogP contribution in [0, 0.1) is 0 Å². The number of aromatic nitrogens is 4. The van der Waals surface area contributed by atoms with E-state index < -0.39 is 12.5 Å². The Kier molecular flexibility index (Phi) is 6.40. The minimum Gasteiger partial charge on any atom is -0.493 e. The Labute approximate surface area is 163 Å². The average molecular weight is 402 g/mol. The minimum atomic E-state index is -2.99. The molecule has 3 aromatic rings. The number of hydrazone groups is 1. The predicted octanol–water partition coefficient (Wildman–Crippen LogP) is 2.10. The number of tetrazole rings is 1. The molecule has 0 radical (unpaired) electrons. The first-order valence-corrected chi connectivity index (χ1v) is 8.33. The SMILES string of the molecule is COc1ccc(/C=N\NC(=O)Cn2nnc(-c3ccccc3)n2)cc1OC(F)F. The third-order valence-corrected chi connectivity index (χ3v) is 3.58. The van der Waals surface area contributed by atoms with Crippen LogP contribution in [-0.2, 0) is 11.3 Å². The molecule has 29 heavy (non-hydrogen) atoms. The lowest BCUT2D eigenvalue weighted by molar-refractivity contribution is -0.122. The van der Waals surface area contributed by atoms with Crippen molar-refractivity contribution in [2.75, 3.05) is 7.11 Å². The molecule has 1 aromatic heterocycles. The Hall–Kier alpha value is -3.89. The van der Waals surface area contributed by atoms with Gasteiger partial charge in [-0.25, -0.2) is 5.43 Å². The van der Waals surface area contributed by atoms with Crippen molar-refractivity contribution < 1.29 is 23.0 Å². The maximum Gasteiger partial charge on any atom is 0.387 e. The molecular weight excluding hydrogens is 386 g/mol. The standard InChI is InChI=1S/C18H16F2N6O3/c1-28-14-8-7-12(9-15(14)29-18(19)20)10-21-22-16(27)11-26-24-17(23-25-26)13-5-3-2-4-6-13/h2-10,18H,11H2,1H3,(H,22,27)/b21-10-. The van der Waals surface area contributed by atoms with E-state index in [-0.39, 0.29) is 18.0 Å². The van der Waals surface area contributed by atoms with E-state index in [1.807, 2.05) is 30.3 Å². The summed E-state index contributed by atoms with van der Waals surface area (Å²) in [6, 6.07) is 13.5. The summed E-state index contributed by atoms with van der Waals surface area (Å²) in [5.74, 6) is -0.0847. The second-order valence-electron chi connectivity index (χ2n) is 5.59. The number of hydrogen-bond donors (Lipinski definition) is 1. The van der Waals surface area contributed by atoms with Crippen molar-refractivity contribution in [1.82, 2.24) is 25.6 Å². The molecule has 0 saturated carbocycles. The van der Waals surface area contributed by atoms with Gasteiger partial charge in [0.05, 0.1) is 13.3 Å². The Morgan fingerprint density at radius 2 is 2.03 bits per heavy atom. The Bertz CT molecular complexity index is 994. The number of nitrogens with zero attached hydrogens (tertiary/aromatic N) is 5. The first-order chi connectivity index (χ1) is 14.0. The Morgan fingerprint density at radius 3 is 2.76 bits per heavy atom. The summed E-state index contributed by atoms with van der Waals surface area (Å²) in [5, 5.41) is 15.6. The molecule has 0 saturated heterocycles. The smallest absolute Gasteiger partial charge is 0.387 e. The average Bonchev–Trinajstić information content (AvgIpc) is 3.17. The molecular formula is C18H16F2N6O3. The van der Waals surface area contributed by atoms with E-state index in [0.717, 1.165) is 10.4 Å². The summed E-state index contributed by atoms with van der Waals surface area (Å²) >= 11 is 0. The number of carbonyl (C=O) groups is 1. The number of carbonyl (C=O) groups excluding carboxylic acids is 1. The molecule has 1 amide bonds. The van der Waals surface area contributed by atoms with Crippen molar-refractivity contribution in [3.05, 3.63) is 54.1 Å². The highest BCUT2D eigenvalue weighted by molar-refractivity contribution is 5.83. The number of hydrogen-bond acceptors (Lipinski definition) is 7. The van der Waals surface area contributed by atoms with Gasteiger partial charge in [-0.05, 0) is 29.0 Å². The van der Waals surface area contributed by atoms with E-state index in [0.29, 0.717) is 11.4 Å². The van der Waals surface area contributed by atoms with Gasteiger partial charge < -0.3 is 9.47 Å². The fourth-order valence-corrected chi connectivity index (χ4v) is 2.32. The normalized spacial score (nSPS) is 11.0. The second kappa shape index (κ2) is 9.35. The Morgan fingerprint density at radius 1 is 1.24 bits per heavy atom. The van der Waals surface area contributed by atoms with Gasteiger partial charge in [0.25, 0.3) is 5.91 Å². The van der Waals surface area contributed by atoms with Crippen molar-refractivity contribution in [3.63, 3.8) is 0 Å². The summed E-state index contributed by atoms with van der Waals surface area (Å²) < 4.78 is 34.2. The topological polar surface area (TPSA) is 104 Å². The van der Waals surface area contributed by atoms with Gasteiger partial charge in [0, 0.05) is 5.56 Å². The highest BCUT2D eigenvalue weighted by Crippen LogP contribution is 2.28. The number of ether oxygens (including phenoxy) is 2. The van der Waals surface area contributed by atoms with Gasteiger partial charge in [-0.3, -0.25) is 4.79 Å². The van der Waals surface area contributed by atoms with Gasteiger partial charge in [-0.15, -0.1) is 10.2 Å². The van der Waals surface area contributed by atoms with Crippen molar-refractivity contribution in [2.24, 2.45) is 5.10 Å². The third kappa shape index (κ3) is 5.54. The van der Waals surface area contributed by atoms with Gasteiger partial charge >= 0.3 is 6.61 Å². The molecule has 0 atom stereocenters. The molecule has 3 rings (SSSR count). The molecule has 11 heteroatoms. The quantitative estimate of drug-likeness (QED) is 0.457. The van der Waals surface area contributed by atoms with E-state index in [2.05, 4.69) is 30.7 Å². The van der Waals surface area contributed by atoms with Crippen molar-refractivity contribution in [1.29, 1.82) is 0 Å². The highest BCUT2D eigenvalue weighted by Gasteiger charge is 2.11. The van der Waals surface area contributed by atoms with Crippen LogP contribution in [0.5, 0.6) is 11.5 Å². The zero-order valence-corrected chi connectivity index (χ0v) is 15.2. The van der Waals surface area contributed by atoms with Crippen LogP contribution in [0.15, 0.2) is 53.6 Å². The summed E-state index contributed by atoms with van der Waals surface area (Å²) in [7, 11) is 1.34. The molecule has 0 unspecified atom stereocenters. The van der Waals surface area contributed by atoms with Gasteiger partial charge in [-0.1, -0.05) is 30.3 Å². The van der Waals surface area contributed by atoms with E-state index in [9.17, 15) is 13.6 Å². The number of rotatable bonds is 8. The molecule has 1 N–H and O–H groups in total. The number of nitrogens with one attached hydrogen (secondary N) is 1. The number of methoxy groups -OCH3 is 1. The zero-order chi connectivity index (χ0) is 20.6. The lowest BCUT2D eigenvalue weighted by Crippen LogP contribution is -2.24. The lowest BCUT2D eigenvalue weighted by Gasteiger charge is -2.10. The lowest BCUT2D eigenvalue weighted by atomic mass is 10.2. The highest BCUT2D eigenvalue weighted by atomic mass is 19.3. The maximum absolute atomic E-state index is 12.5. The van der Waals surface area contributed by atoms with Crippen molar-refractivity contribution in [3.8, 4) is 22.9 Å². The number of benzene rings is 2. The van der Waals surface area contributed by atoms with E-state index >= 15 is 0 Å². The molecule has 150 valence electrons. The number of alkyl halides is 2. The molecule has 0 fully saturated rings. The maximum atomic E-state index is 12.5. The van der Waals surface area contributed by atoms with Crippen LogP contribution in [0.25, 0.3) is 11.4 Å². The minimum absolute atomic E-state index is 0.141. The van der Waals surface area contributed by atoms with Gasteiger partial charge in [0.15, 0.2) is 11.5 Å².